The maximum atomic E-state index is 11.6. The van der Waals surface area contributed by atoms with E-state index in [2.05, 4.69) is 15.5 Å². The zero-order chi connectivity index (χ0) is 12.8. The van der Waals surface area contributed by atoms with Crippen LogP contribution in [0.15, 0.2) is 36.7 Å². The number of nitrogens with zero attached hydrogens (tertiary/aromatic N) is 1. The Morgan fingerprint density at radius 1 is 1.39 bits per heavy atom. The van der Waals surface area contributed by atoms with Gasteiger partial charge in [-0.25, -0.2) is 0 Å². The summed E-state index contributed by atoms with van der Waals surface area (Å²) in [5.74, 6) is 0.721. The van der Waals surface area contributed by atoms with Crippen LogP contribution in [-0.2, 0) is 6.42 Å². The molecule has 0 unspecified atom stereocenters. The summed E-state index contributed by atoms with van der Waals surface area (Å²) in [6.07, 6.45) is 3.86. The first-order chi connectivity index (χ1) is 8.79. The van der Waals surface area contributed by atoms with Gasteiger partial charge in [-0.2, -0.15) is 5.10 Å². The number of methoxy groups -OCH3 is 1. The molecule has 0 spiro atoms. The Morgan fingerprint density at radius 2 is 2.17 bits per heavy atom. The summed E-state index contributed by atoms with van der Waals surface area (Å²) in [6.45, 7) is 0.594. The van der Waals surface area contributed by atoms with E-state index in [0.717, 1.165) is 17.7 Å². The monoisotopic (exact) mass is 245 g/mol. The molecule has 0 saturated heterocycles. The molecule has 94 valence electrons. The molecule has 2 N–H and O–H groups in total. The average Bonchev–Trinajstić information content (AvgIpc) is 2.93. The lowest BCUT2D eigenvalue weighted by molar-refractivity contribution is 0.0954. The van der Waals surface area contributed by atoms with E-state index in [4.69, 9.17) is 4.74 Å². The number of carbonyl (C=O) groups is 1. The second-order valence-corrected chi connectivity index (χ2v) is 3.84. The number of benzene rings is 1. The minimum atomic E-state index is -0.114. The van der Waals surface area contributed by atoms with E-state index in [0.29, 0.717) is 12.1 Å². The van der Waals surface area contributed by atoms with Crippen LogP contribution in [0.1, 0.15) is 15.9 Å². The molecule has 0 aliphatic carbocycles. The van der Waals surface area contributed by atoms with E-state index < -0.39 is 0 Å². The zero-order valence-electron chi connectivity index (χ0n) is 10.1. The number of hydrogen-bond acceptors (Lipinski definition) is 3. The Bertz CT molecular complexity index is 491. The lowest BCUT2D eigenvalue weighted by Gasteiger charge is -2.05. The summed E-state index contributed by atoms with van der Waals surface area (Å²) in [5, 5.41) is 9.17. The molecular formula is C13H15N3O2. The third-order valence-electron chi connectivity index (χ3n) is 2.62. The summed E-state index contributed by atoms with van der Waals surface area (Å²) in [4.78, 5) is 11.6. The van der Waals surface area contributed by atoms with Crippen LogP contribution < -0.4 is 10.1 Å². The van der Waals surface area contributed by atoms with Crippen LogP contribution in [-0.4, -0.2) is 29.8 Å². The third-order valence-corrected chi connectivity index (χ3v) is 2.62. The normalized spacial score (nSPS) is 10.1. The number of aromatic amines is 1. The molecule has 0 saturated carbocycles. The highest BCUT2D eigenvalue weighted by atomic mass is 16.5. The van der Waals surface area contributed by atoms with Gasteiger partial charge in [-0.3, -0.25) is 9.89 Å². The van der Waals surface area contributed by atoms with Crippen molar-refractivity contribution in [3.05, 3.63) is 47.8 Å². The van der Waals surface area contributed by atoms with Crippen molar-refractivity contribution in [1.82, 2.24) is 15.5 Å². The van der Waals surface area contributed by atoms with Crippen LogP contribution >= 0.6 is 0 Å². The molecule has 1 aromatic heterocycles. The number of ether oxygens (including phenoxy) is 1. The second kappa shape index (κ2) is 5.86. The number of nitrogens with one attached hydrogen (secondary N) is 2. The van der Waals surface area contributed by atoms with Gasteiger partial charge in [0.05, 0.1) is 18.9 Å². The van der Waals surface area contributed by atoms with Crippen molar-refractivity contribution in [2.24, 2.45) is 0 Å². The fraction of sp³-hybridized carbons (Fsp3) is 0.231. The largest absolute Gasteiger partial charge is 0.497 e. The highest BCUT2D eigenvalue weighted by molar-refractivity contribution is 5.93. The van der Waals surface area contributed by atoms with Crippen molar-refractivity contribution in [1.29, 1.82) is 0 Å². The van der Waals surface area contributed by atoms with E-state index in [1.165, 1.54) is 6.20 Å². The topological polar surface area (TPSA) is 67.0 Å². The van der Waals surface area contributed by atoms with Gasteiger partial charge in [-0.15, -0.1) is 0 Å². The van der Waals surface area contributed by atoms with Gasteiger partial charge in [-0.05, 0) is 24.1 Å². The van der Waals surface area contributed by atoms with E-state index >= 15 is 0 Å². The van der Waals surface area contributed by atoms with E-state index in [1.807, 2.05) is 24.3 Å². The van der Waals surface area contributed by atoms with Gasteiger partial charge in [0.1, 0.15) is 5.75 Å². The molecule has 0 atom stereocenters. The van der Waals surface area contributed by atoms with E-state index in [-0.39, 0.29) is 5.91 Å². The third kappa shape index (κ3) is 3.10. The molecule has 5 heteroatoms. The summed E-state index contributed by atoms with van der Waals surface area (Å²) in [6, 6.07) is 7.80. The number of rotatable bonds is 5. The van der Waals surface area contributed by atoms with Crippen molar-refractivity contribution < 1.29 is 9.53 Å². The van der Waals surface area contributed by atoms with Gasteiger partial charge in [0.2, 0.25) is 0 Å². The molecule has 1 heterocycles. The highest BCUT2D eigenvalue weighted by Crippen LogP contribution is 2.11. The quantitative estimate of drug-likeness (QED) is 0.836. The molecule has 5 nitrogen and oxygen atoms in total. The minimum Gasteiger partial charge on any atom is -0.497 e. The molecule has 18 heavy (non-hydrogen) atoms. The highest BCUT2D eigenvalue weighted by Gasteiger charge is 2.05. The number of amides is 1. The van der Waals surface area contributed by atoms with Gasteiger partial charge >= 0.3 is 0 Å². The van der Waals surface area contributed by atoms with Crippen LogP contribution in [0.5, 0.6) is 5.75 Å². The summed E-state index contributed by atoms with van der Waals surface area (Å²) >= 11 is 0. The molecule has 2 aromatic rings. The molecule has 1 amide bonds. The fourth-order valence-corrected chi connectivity index (χ4v) is 1.59. The van der Waals surface area contributed by atoms with Gasteiger partial charge in [0.25, 0.3) is 5.91 Å². The Hall–Kier alpha value is -2.30. The van der Waals surface area contributed by atoms with E-state index in [1.54, 1.807) is 13.3 Å². The Balaban J connectivity index is 1.79. The van der Waals surface area contributed by atoms with Crippen LogP contribution in [0, 0.1) is 0 Å². The predicted octanol–water partition coefficient (Wildman–Crippen LogP) is 1.39. The van der Waals surface area contributed by atoms with Gasteiger partial charge in [0.15, 0.2) is 0 Å². The van der Waals surface area contributed by atoms with Gasteiger partial charge in [-0.1, -0.05) is 12.1 Å². The molecule has 2 rings (SSSR count). The summed E-state index contributed by atoms with van der Waals surface area (Å²) < 4.78 is 5.08. The molecule has 0 bridgehead atoms. The fourth-order valence-electron chi connectivity index (χ4n) is 1.59. The minimum absolute atomic E-state index is 0.114. The van der Waals surface area contributed by atoms with Crippen molar-refractivity contribution >= 4 is 5.91 Å². The van der Waals surface area contributed by atoms with Crippen molar-refractivity contribution in [3.63, 3.8) is 0 Å². The lowest BCUT2D eigenvalue weighted by Crippen LogP contribution is -2.25. The van der Waals surface area contributed by atoms with Crippen molar-refractivity contribution in [3.8, 4) is 5.75 Å². The lowest BCUT2D eigenvalue weighted by atomic mass is 10.1. The molecule has 1 aromatic carbocycles. The molecule has 0 radical (unpaired) electrons. The van der Waals surface area contributed by atoms with Gasteiger partial charge in [0, 0.05) is 12.7 Å². The van der Waals surface area contributed by atoms with Gasteiger partial charge < -0.3 is 10.1 Å². The first-order valence-corrected chi connectivity index (χ1v) is 5.69. The standard InChI is InChI=1S/C13H15N3O2/c1-18-12-4-2-10(3-5-12)6-7-14-13(17)11-8-15-16-9-11/h2-5,8-9H,6-7H2,1H3,(H,14,17)(H,15,16). The number of H-pyrrole nitrogens is 1. The Labute approximate surface area is 105 Å². The summed E-state index contributed by atoms with van der Waals surface area (Å²) in [7, 11) is 1.64. The number of aromatic nitrogens is 2. The second-order valence-electron chi connectivity index (χ2n) is 3.84. The number of carbonyl (C=O) groups excluding carboxylic acids is 1. The molecular weight excluding hydrogens is 230 g/mol. The van der Waals surface area contributed by atoms with Crippen LogP contribution in [0.3, 0.4) is 0 Å². The zero-order valence-corrected chi connectivity index (χ0v) is 10.1. The Kier molecular flexibility index (Phi) is 3.96. The van der Waals surface area contributed by atoms with E-state index in [9.17, 15) is 4.79 Å². The van der Waals surface area contributed by atoms with Crippen LogP contribution in [0.2, 0.25) is 0 Å². The molecule has 0 aliphatic heterocycles. The van der Waals surface area contributed by atoms with Crippen LogP contribution in [0.4, 0.5) is 0 Å². The molecule has 0 fully saturated rings. The Morgan fingerprint density at radius 3 is 2.78 bits per heavy atom. The SMILES string of the molecule is COc1ccc(CCNC(=O)c2cn[nH]c2)cc1. The van der Waals surface area contributed by atoms with Crippen molar-refractivity contribution in [2.75, 3.05) is 13.7 Å². The number of hydrogen-bond donors (Lipinski definition) is 2. The summed E-state index contributed by atoms with van der Waals surface area (Å²) in [5.41, 5.74) is 1.70. The predicted molar refractivity (Wildman–Crippen MR) is 67.6 cm³/mol. The maximum absolute atomic E-state index is 11.6. The first-order valence-electron chi connectivity index (χ1n) is 5.69. The smallest absolute Gasteiger partial charge is 0.254 e. The first kappa shape index (κ1) is 12.2. The van der Waals surface area contributed by atoms with Crippen LogP contribution in [0.25, 0.3) is 0 Å². The van der Waals surface area contributed by atoms with Crippen molar-refractivity contribution in [2.45, 2.75) is 6.42 Å². The average molecular weight is 245 g/mol. The molecule has 0 aliphatic rings. The maximum Gasteiger partial charge on any atom is 0.254 e.